The van der Waals surface area contributed by atoms with E-state index in [1.54, 1.807) is 0 Å². The minimum Gasteiger partial charge on any atom is -0.454 e. The fraction of sp³-hybridized carbons (Fsp3) is 0.143. The predicted molar refractivity (Wildman–Crippen MR) is 73.0 cm³/mol. The van der Waals surface area contributed by atoms with Crippen LogP contribution in [-0.2, 0) is 16.4 Å². The summed E-state index contributed by atoms with van der Waals surface area (Å²) in [5.74, 6) is -7.04. The minimum absolute atomic E-state index is 0.0200. The molecule has 2 N–H and O–H groups in total. The number of fused-ring (bicyclic) bond motifs is 1. The third kappa shape index (κ3) is 2.67. The fourth-order valence-electron chi connectivity index (χ4n) is 2.32. The average Bonchev–Trinajstić information content (AvgIpc) is 2.96. The summed E-state index contributed by atoms with van der Waals surface area (Å²) in [6, 6.07) is 4.29. The second-order valence-corrected chi connectivity index (χ2v) is 6.47. The number of nitrogens with two attached hydrogens (primary N) is 1. The lowest BCUT2D eigenvalue weighted by Crippen LogP contribution is -2.19. The molecule has 2 aromatic carbocycles. The Morgan fingerprint density at radius 2 is 1.54 bits per heavy atom. The molecule has 3 rings (SSSR count). The molecule has 5 nitrogen and oxygen atoms in total. The van der Waals surface area contributed by atoms with E-state index in [1.807, 2.05) is 0 Å². The maximum Gasteiger partial charge on any atom is 0.244 e. The van der Waals surface area contributed by atoms with E-state index < -0.39 is 50.2 Å². The zero-order chi connectivity index (χ0) is 17.6. The van der Waals surface area contributed by atoms with Gasteiger partial charge in [0.05, 0.1) is 0 Å². The molecule has 0 saturated heterocycles. The Balaban J connectivity index is 2.09. The monoisotopic (exact) mass is 363 g/mol. The maximum absolute atomic E-state index is 14.0. The molecule has 0 aromatic heterocycles. The standard InChI is InChI=1S/C14H9F4NO4S/c15-10-7(3-6-1-2-8-9(4-6)23-5-22-8)11(16)13(18)14(12(10)17)24(19,20)21/h1-2,4H,3,5H2,(H2,19,20,21). The van der Waals surface area contributed by atoms with Gasteiger partial charge in [-0.15, -0.1) is 0 Å². The average molecular weight is 363 g/mol. The van der Waals surface area contributed by atoms with Crippen LogP contribution in [0.5, 0.6) is 11.5 Å². The summed E-state index contributed by atoms with van der Waals surface area (Å²) in [4.78, 5) is -1.84. The zero-order valence-corrected chi connectivity index (χ0v) is 12.6. The molecule has 0 unspecified atom stereocenters. The highest BCUT2D eigenvalue weighted by molar-refractivity contribution is 7.89. The van der Waals surface area contributed by atoms with Crippen molar-refractivity contribution in [2.24, 2.45) is 5.14 Å². The summed E-state index contributed by atoms with van der Waals surface area (Å²) in [5.41, 5.74) is -0.685. The van der Waals surface area contributed by atoms with Gasteiger partial charge in [-0.1, -0.05) is 6.07 Å². The predicted octanol–water partition coefficient (Wildman–Crippen LogP) is 2.21. The van der Waals surface area contributed by atoms with Crippen molar-refractivity contribution in [3.8, 4) is 11.5 Å². The molecule has 1 aliphatic heterocycles. The molecule has 1 aliphatic rings. The van der Waals surface area contributed by atoms with E-state index in [-0.39, 0.29) is 12.4 Å². The molecule has 0 saturated carbocycles. The van der Waals surface area contributed by atoms with Crippen LogP contribution in [0.4, 0.5) is 17.6 Å². The molecule has 10 heteroatoms. The quantitative estimate of drug-likeness (QED) is 0.670. The van der Waals surface area contributed by atoms with Gasteiger partial charge in [-0.3, -0.25) is 0 Å². The van der Waals surface area contributed by atoms with Gasteiger partial charge >= 0.3 is 0 Å². The number of hydrogen-bond donors (Lipinski definition) is 1. The second-order valence-electron chi connectivity index (χ2n) is 4.97. The molecular weight excluding hydrogens is 354 g/mol. The van der Waals surface area contributed by atoms with E-state index in [2.05, 4.69) is 5.14 Å². The largest absolute Gasteiger partial charge is 0.454 e. The number of primary sulfonamides is 1. The van der Waals surface area contributed by atoms with E-state index >= 15 is 0 Å². The van der Waals surface area contributed by atoms with E-state index in [0.717, 1.165) is 0 Å². The van der Waals surface area contributed by atoms with Crippen LogP contribution < -0.4 is 14.6 Å². The number of hydrogen-bond acceptors (Lipinski definition) is 4. The first-order valence-electron chi connectivity index (χ1n) is 6.46. The summed E-state index contributed by atoms with van der Waals surface area (Å²) in [6.45, 7) is -0.0200. The van der Waals surface area contributed by atoms with Crippen molar-refractivity contribution in [3.05, 3.63) is 52.6 Å². The highest BCUT2D eigenvalue weighted by atomic mass is 32.2. The van der Waals surface area contributed by atoms with E-state index in [0.29, 0.717) is 11.5 Å². The number of sulfonamides is 1. The fourth-order valence-corrected chi connectivity index (χ4v) is 3.00. The van der Waals surface area contributed by atoms with Gasteiger partial charge in [-0.25, -0.2) is 31.1 Å². The van der Waals surface area contributed by atoms with Crippen LogP contribution in [0.2, 0.25) is 0 Å². The maximum atomic E-state index is 14.0. The molecule has 0 fully saturated rings. The third-order valence-electron chi connectivity index (χ3n) is 3.42. The van der Waals surface area contributed by atoms with Gasteiger partial charge in [0, 0.05) is 12.0 Å². The summed E-state index contributed by atoms with van der Waals surface area (Å²) < 4.78 is 88.1. The molecule has 0 bridgehead atoms. The highest BCUT2D eigenvalue weighted by Gasteiger charge is 2.31. The Kier molecular flexibility index (Phi) is 3.88. The lowest BCUT2D eigenvalue weighted by molar-refractivity contribution is 0.174. The van der Waals surface area contributed by atoms with Gasteiger partial charge in [0.25, 0.3) is 0 Å². The topological polar surface area (TPSA) is 78.6 Å². The van der Waals surface area contributed by atoms with Crippen molar-refractivity contribution in [3.63, 3.8) is 0 Å². The highest BCUT2D eigenvalue weighted by Crippen LogP contribution is 2.34. The van der Waals surface area contributed by atoms with Crippen molar-refractivity contribution in [1.29, 1.82) is 0 Å². The second kappa shape index (κ2) is 5.64. The van der Waals surface area contributed by atoms with Crippen molar-refractivity contribution in [2.45, 2.75) is 11.3 Å². The molecule has 0 aliphatic carbocycles. The molecule has 128 valence electrons. The smallest absolute Gasteiger partial charge is 0.244 e. The first-order chi connectivity index (χ1) is 11.2. The van der Waals surface area contributed by atoms with Crippen molar-refractivity contribution < 1.29 is 35.5 Å². The zero-order valence-electron chi connectivity index (χ0n) is 11.8. The molecule has 1 heterocycles. The Bertz CT molecular complexity index is 917. The molecule has 24 heavy (non-hydrogen) atoms. The number of rotatable bonds is 3. The van der Waals surface area contributed by atoms with Crippen LogP contribution in [0.3, 0.4) is 0 Å². The molecule has 0 atom stereocenters. The van der Waals surface area contributed by atoms with E-state index in [9.17, 15) is 26.0 Å². The van der Waals surface area contributed by atoms with Gasteiger partial charge in [-0.05, 0) is 17.7 Å². The molecule has 2 aromatic rings. The SMILES string of the molecule is NS(=O)(=O)c1c(F)c(F)c(Cc2ccc3c(c2)OCO3)c(F)c1F. The Morgan fingerprint density at radius 3 is 2.12 bits per heavy atom. The normalized spacial score (nSPS) is 13.4. The van der Waals surface area contributed by atoms with Crippen LogP contribution in [-0.4, -0.2) is 15.2 Å². The lowest BCUT2D eigenvalue weighted by atomic mass is 10.0. The first-order valence-corrected chi connectivity index (χ1v) is 8.01. The number of ether oxygens (including phenoxy) is 2. The summed E-state index contributed by atoms with van der Waals surface area (Å²) in [6.07, 6.45) is -0.535. The first kappa shape index (κ1) is 16.5. The van der Waals surface area contributed by atoms with E-state index in [4.69, 9.17) is 9.47 Å². The van der Waals surface area contributed by atoms with Gasteiger partial charge < -0.3 is 9.47 Å². The van der Waals surface area contributed by atoms with Gasteiger partial charge in [0.2, 0.25) is 16.8 Å². The van der Waals surface area contributed by atoms with Crippen LogP contribution in [0, 0.1) is 23.3 Å². The van der Waals surface area contributed by atoms with Crippen LogP contribution in [0.15, 0.2) is 23.1 Å². The Hall–Kier alpha value is -2.33. The molecular formula is C14H9F4NO4S. The van der Waals surface area contributed by atoms with Gasteiger partial charge in [0.1, 0.15) is 0 Å². The number of benzene rings is 2. The van der Waals surface area contributed by atoms with Crippen LogP contribution in [0.1, 0.15) is 11.1 Å². The van der Waals surface area contributed by atoms with Crippen molar-refractivity contribution >= 4 is 10.0 Å². The Labute approximate surface area is 133 Å². The number of halogens is 4. The van der Waals surface area contributed by atoms with E-state index in [1.165, 1.54) is 18.2 Å². The van der Waals surface area contributed by atoms with Gasteiger partial charge in [-0.2, -0.15) is 0 Å². The van der Waals surface area contributed by atoms with Crippen molar-refractivity contribution in [2.75, 3.05) is 6.79 Å². The minimum atomic E-state index is -4.97. The molecule has 0 amide bonds. The Morgan fingerprint density at radius 1 is 0.958 bits per heavy atom. The van der Waals surface area contributed by atoms with Crippen molar-refractivity contribution in [1.82, 2.24) is 0 Å². The summed E-state index contributed by atoms with van der Waals surface area (Å²) in [7, 11) is -4.97. The summed E-state index contributed by atoms with van der Waals surface area (Å²) in [5, 5.41) is 4.59. The van der Waals surface area contributed by atoms with Crippen LogP contribution in [0.25, 0.3) is 0 Å². The lowest BCUT2D eigenvalue weighted by Gasteiger charge is -2.11. The molecule has 0 spiro atoms. The van der Waals surface area contributed by atoms with Gasteiger partial charge in [0.15, 0.2) is 39.7 Å². The molecule has 0 radical (unpaired) electrons. The van der Waals surface area contributed by atoms with Crippen LogP contribution >= 0.6 is 0 Å². The third-order valence-corrected chi connectivity index (χ3v) is 4.34. The summed E-state index contributed by atoms with van der Waals surface area (Å²) >= 11 is 0.